The van der Waals surface area contributed by atoms with Gasteiger partial charge in [-0.15, -0.1) is 0 Å². The molecule has 0 aromatic carbocycles. The molecule has 0 aliphatic rings. The Bertz CT molecular complexity index is 81.0. The summed E-state index contributed by atoms with van der Waals surface area (Å²) in [7, 11) is 0. The topological polar surface area (TPSA) is 58.9 Å². The van der Waals surface area contributed by atoms with Crippen molar-refractivity contribution in [1.82, 2.24) is 0 Å². The van der Waals surface area contributed by atoms with Crippen LogP contribution < -0.4 is 0 Å². The van der Waals surface area contributed by atoms with E-state index in [-0.39, 0.29) is 17.5 Å². The number of hydrogen-bond donors (Lipinski definition) is 2. The van der Waals surface area contributed by atoms with Gasteiger partial charge in [0, 0.05) is 0 Å². The van der Waals surface area contributed by atoms with E-state index < -0.39 is 0 Å². The van der Waals surface area contributed by atoms with Crippen molar-refractivity contribution in [1.29, 1.82) is 0 Å². The average molecular weight is 346 g/mol. The zero-order chi connectivity index (χ0) is 8.53. The second kappa shape index (κ2) is 8.67. The Hall–Kier alpha value is 0.580. The number of rotatable bonds is 7. The minimum absolute atomic E-state index is 0.00309. The van der Waals surface area contributed by atoms with Crippen LogP contribution in [0.2, 0.25) is 0 Å². The molecule has 4 nitrogen and oxygen atoms in total. The quantitative estimate of drug-likeness (QED) is 0.453. The molecule has 72 valence electrons. The molecule has 0 aliphatic heterocycles. The van der Waals surface area contributed by atoms with E-state index >= 15 is 0 Å². The van der Waals surface area contributed by atoms with E-state index in [4.69, 9.17) is 19.7 Å². The second-order valence-electron chi connectivity index (χ2n) is 1.75. The third-order valence-electron chi connectivity index (χ3n) is 0.879. The second-order valence-corrected chi connectivity index (χ2v) is 3.15. The Kier molecular flexibility index (Phi) is 9.13. The van der Waals surface area contributed by atoms with Crippen molar-refractivity contribution in [3.05, 3.63) is 0 Å². The molecule has 0 spiro atoms. The van der Waals surface area contributed by atoms with E-state index in [1.165, 1.54) is 0 Å². The molecule has 1 atom stereocenters. The summed E-state index contributed by atoms with van der Waals surface area (Å²) in [5, 5.41) is 16.8. The van der Waals surface area contributed by atoms with Crippen molar-refractivity contribution in [3.8, 4) is 0 Å². The summed E-state index contributed by atoms with van der Waals surface area (Å²) in [4.78, 5) is 0. The molecule has 0 bridgehead atoms. The number of ether oxygens (including phenoxy) is 2. The van der Waals surface area contributed by atoms with Crippen LogP contribution in [0.15, 0.2) is 0 Å². The molecule has 0 rings (SSSR count). The fourth-order valence-corrected chi connectivity index (χ4v) is 0.701. The Morgan fingerprint density at radius 2 is 1.91 bits per heavy atom. The van der Waals surface area contributed by atoms with Crippen LogP contribution in [0, 0.1) is 0 Å². The van der Waals surface area contributed by atoms with Crippen molar-refractivity contribution in [2.45, 2.75) is 4.32 Å². The summed E-state index contributed by atoms with van der Waals surface area (Å²) in [6.07, 6.45) is 0. The predicted molar refractivity (Wildman–Crippen MR) is 34.7 cm³/mol. The van der Waals surface area contributed by atoms with Gasteiger partial charge in [-0.1, -0.05) is 0 Å². The predicted octanol–water partition coefficient (Wildman–Crippen LogP) is -1.12. The van der Waals surface area contributed by atoms with Crippen molar-refractivity contribution < 1.29 is 40.8 Å². The summed E-state index contributed by atoms with van der Waals surface area (Å²) >= 11 is 2.16. The molecule has 0 aliphatic carbocycles. The number of hydrogen-bond acceptors (Lipinski definition) is 4. The minimum atomic E-state index is -0.187. The molecule has 1 unspecified atom stereocenters. The van der Waals surface area contributed by atoms with Crippen LogP contribution in [-0.4, -0.2) is 47.6 Å². The van der Waals surface area contributed by atoms with Crippen LogP contribution in [0.5, 0.6) is 0 Å². The standard InChI is InChI=1S/C6H13O4.Au/c7-1-3-9-5-6-10-4-2-8;/h3,7-8H,1-2,4-6H2;. The average Bonchev–Trinajstić information content (AvgIpc) is 2.04. The molecule has 0 heterocycles. The van der Waals surface area contributed by atoms with Crippen LogP contribution in [0.4, 0.5) is 0 Å². The molecule has 0 amide bonds. The molecule has 0 radical (unpaired) electrons. The van der Waals surface area contributed by atoms with E-state index in [0.717, 1.165) is 0 Å². The molecule has 0 saturated carbocycles. The Balaban J connectivity index is 2.89. The van der Waals surface area contributed by atoms with Gasteiger partial charge in [0.25, 0.3) is 0 Å². The Morgan fingerprint density at radius 1 is 1.18 bits per heavy atom. The van der Waals surface area contributed by atoms with Crippen molar-refractivity contribution in [3.63, 3.8) is 0 Å². The molecular formula is C6H13AuO4. The first-order valence-electron chi connectivity index (χ1n) is 3.32. The van der Waals surface area contributed by atoms with E-state index in [9.17, 15) is 0 Å². The van der Waals surface area contributed by atoms with Gasteiger partial charge in [-0.2, -0.15) is 0 Å². The molecular weight excluding hydrogens is 333 g/mol. The first-order valence-corrected chi connectivity index (χ1v) is 4.57. The monoisotopic (exact) mass is 346 g/mol. The third-order valence-corrected chi connectivity index (χ3v) is 1.64. The van der Waals surface area contributed by atoms with E-state index in [2.05, 4.69) is 21.1 Å². The molecule has 0 saturated heterocycles. The van der Waals surface area contributed by atoms with Gasteiger partial charge < -0.3 is 0 Å². The van der Waals surface area contributed by atoms with Crippen molar-refractivity contribution >= 4 is 0 Å². The first-order chi connectivity index (χ1) is 5.31. The van der Waals surface area contributed by atoms with Crippen LogP contribution in [0.1, 0.15) is 0 Å². The molecule has 5 heteroatoms. The van der Waals surface area contributed by atoms with Crippen LogP contribution >= 0.6 is 0 Å². The van der Waals surface area contributed by atoms with Gasteiger partial charge in [-0.3, -0.25) is 0 Å². The molecule has 0 fully saturated rings. The number of aliphatic hydroxyl groups is 2. The van der Waals surface area contributed by atoms with Gasteiger partial charge in [0.15, 0.2) is 0 Å². The summed E-state index contributed by atoms with van der Waals surface area (Å²) in [5.41, 5.74) is 0. The van der Waals surface area contributed by atoms with Gasteiger partial charge in [0.1, 0.15) is 0 Å². The SMILES string of the molecule is OCCOCCO[CH]([Au])CO. The zero-order valence-electron chi connectivity index (χ0n) is 6.13. The van der Waals surface area contributed by atoms with Crippen LogP contribution in [0.25, 0.3) is 0 Å². The van der Waals surface area contributed by atoms with Crippen molar-refractivity contribution in [2.24, 2.45) is 0 Å². The normalized spacial score (nSPS) is 13.5. The molecule has 11 heavy (non-hydrogen) atoms. The van der Waals surface area contributed by atoms with Gasteiger partial charge >= 0.3 is 78.1 Å². The molecule has 2 N–H and O–H groups in total. The maximum absolute atomic E-state index is 8.52. The third kappa shape index (κ3) is 8.49. The zero-order valence-corrected chi connectivity index (χ0v) is 8.29. The van der Waals surface area contributed by atoms with Crippen molar-refractivity contribution in [2.75, 3.05) is 33.0 Å². The van der Waals surface area contributed by atoms with Gasteiger partial charge in [-0.05, 0) is 0 Å². The number of aliphatic hydroxyl groups excluding tert-OH is 2. The molecule has 0 aromatic rings. The fraction of sp³-hybridized carbons (Fsp3) is 1.00. The Morgan fingerprint density at radius 3 is 2.45 bits per heavy atom. The first kappa shape index (κ1) is 11.6. The van der Waals surface area contributed by atoms with Crippen LogP contribution in [-0.2, 0) is 30.5 Å². The van der Waals surface area contributed by atoms with Gasteiger partial charge in [0.05, 0.1) is 0 Å². The summed E-state index contributed by atoms with van der Waals surface area (Å²) in [5.74, 6) is 0. The molecule has 0 aromatic heterocycles. The van der Waals surface area contributed by atoms with Gasteiger partial charge in [0.2, 0.25) is 0 Å². The summed E-state index contributed by atoms with van der Waals surface area (Å²) < 4.78 is 9.78. The van der Waals surface area contributed by atoms with E-state index in [0.29, 0.717) is 19.8 Å². The summed E-state index contributed by atoms with van der Waals surface area (Å²) in [6.45, 7) is 1.28. The summed E-state index contributed by atoms with van der Waals surface area (Å²) in [6, 6.07) is 0. The van der Waals surface area contributed by atoms with Gasteiger partial charge in [-0.25, -0.2) is 0 Å². The van der Waals surface area contributed by atoms with E-state index in [1.807, 2.05) is 0 Å². The Labute approximate surface area is 78.4 Å². The van der Waals surface area contributed by atoms with Crippen LogP contribution in [0.3, 0.4) is 0 Å². The maximum atomic E-state index is 8.52. The van der Waals surface area contributed by atoms with E-state index in [1.54, 1.807) is 0 Å². The fourth-order valence-electron chi connectivity index (χ4n) is 0.445.